The smallest absolute Gasteiger partial charge is 0.243 e. The van der Waals surface area contributed by atoms with Crippen LogP contribution in [0.5, 0.6) is 5.75 Å². The van der Waals surface area contributed by atoms with E-state index in [0.29, 0.717) is 23.2 Å². The maximum Gasteiger partial charge on any atom is 0.243 e. The lowest BCUT2D eigenvalue weighted by molar-refractivity contribution is 0.340. The molecule has 0 spiro atoms. The molecule has 1 aromatic heterocycles. The molecule has 0 saturated heterocycles. The second-order valence-corrected chi connectivity index (χ2v) is 10.1. The van der Waals surface area contributed by atoms with Crippen molar-refractivity contribution in [2.24, 2.45) is 4.99 Å². The van der Waals surface area contributed by atoms with Crippen molar-refractivity contribution in [2.75, 3.05) is 6.61 Å². The van der Waals surface area contributed by atoms with Crippen LogP contribution in [-0.4, -0.2) is 25.5 Å². The Labute approximate surface area is 210 Å². The van der Waals surface area contributed by atoms with Gasteiger partial charge < -0.3 is 9.15 Å². The lowest BCUT2D eigenvalue weighted by atomic mass is 10.2. The first-order valence-electron chi connectivity index (χ1n) is 11.1. The molecule has 4 aromatic rings. The lowest BCUT2D eigenvalue weighted by Gasteiger charge is -2.21. The molecule has 0 aliphatic heterocycles. The van der Waals surface area contributed by atoms with Crippen molar-refractivity contribution in [2.45, 2.75) is 24.9 Å². The highest BCUT2D eigenvalue weighted by Gasteiger charge is 2.26. The van der Waals surface area contributed by atoms with Crippen LogP contribution in [0.15, 0.2) is 105 Å². The van der Waals surface area contributed by atoms with Gasteiger partial charge in [-0.2, -0.15) is 4.31 Å². The number of ether oxygens (including phenoxy) is 1. The molecule has 0 aliphatic rings. The first-order chi connectivity index (χ1) is 16.9. The van der Waals surface area contributed by atoms with Gasteiger partial charge in [-0.3, -0.25) is 4.99 Å². The molecular formula is C27H25ClN2O4S. The standard InChI is InChI=1S/C27H25ClN2O4S/c1-2-33-24-14-12-23(13-15-24)29-18-25-16-17-26(34-25)20-30(19-21-8-10-22(28)11-9-21)35(31,32)27-6-4-3-5-7-27/h3-18H,2,19-20H2,1H3. The number of hydrogen-bond donors (Lipinski definition) is 0. The van der Waals surface area contributed by atoms with Gasteiger partial charge in [-0.1, -0.05) is 41.9 Å². The summed E-state index contributed by atoms with van der Waals surface area (Å²) in [5, 5.41) is 0.591. The summed E-state index contributed by atoms with van der Waals surface area (Å²) >= 11 is 6.00. The minimum Gasteiger partial charge on any atom is -0.494 e. The zero-order chi connectivity index (χ0) is 24.7. The van der Waals surface area contributed by atoms with Gasteiger partial charge in [-0.15, -0.1) is 0 Å². The van der Waals surface area contributed by atoms with E-state index in [1.165, 1.54) is 4.31 Å². The Bertz CT molecular complexity index is 1370. The predicted octanol–water partition coefficient (Wildman–Crippen LogP) is 6.47. The highest BCUT2D eigenvalue weighted by molar-refractivity contribution is 7.89. The minimum absolute atomic E-state index is 0.0662. The Morgan fingerprint density at radius 2 is 1.63 bits per heavy atom. The van der Waals surface area contributed by atoms with E-state index < -0.39 is 10.0 Å². The van der Waals surface area contributed by atoms with Crippen LogP contribution in [0.4, 0.5) is 5.69 Å². The molecular weight excluding hydrogens is 484 g/mol. The van der Waals surface area contributed by atoms with Crippen molar-refractivity contribution >= 4 is 33.5 Å². The van der Waals surface area contributed by atoms with Crippen LogP contribution in [0.2, 0.25) is 5.02 Å². The summed E-state index contributed by atoms with van der Waals surface area (Å²) < 4.78 is 39.6. The Morgan fingerprint density at radius 1 is 0.914 bits per heavy atom. The van der Waals surface area contributed by atoms with E-state index in [9.17, 15) is 8.42 Å². The van der Waals surface area contributed by atoms with Crippen LogP contribution in [0, 0.1) is 0 Å². The second-order valence-electron chi connectivity index (χ2n) is 7.70. The van der Waals surface area contributed by atoms with E-state index in [2.05, 4.69) is 4.99 Å². The van der Waals surface area contributed by atoms with Gasteiger partial charge in [-0.05, 0) is 73.2 Å². The van der Waals surface area contributed by atoms with Crippen LogP contribution < -0.4 is 4.74 Å². The van der Waals surface area contributed by atoms with Crippen LogP contribution in [0.1, 0.15) is 24.0 Å². The molecule has 0 N–H and O–H groups in total. The van der Waals surface area contributed by atoms with Crippen molar-refractivity contribution < 1.29 is 17.6 Å². The fourth-order valence-corrected chi connectivity index (χ4v) is 4.96. The van der Waals surface area contributed by atoms with Crippen LogP contribution in [0.25, 0.3) is 0 Å². The summed E-state index contributed by atoms with van der Waals surface area (Å²) in [6, 6.07) is 26.4. The summed E-state index contributed by atoms with van der Waals surface area (Å²) in [6.07, 6.45) is 1.61. The molecule has 3 aromatic carbocycles. The van der Waals surface area contributed by atoms with Crippen molar-refractivity contribution in [3.8, 4) is 5.75 Å². The van der Waals surface area contributed by atoms with Gasteiger partial charge in [0.2, 0.25) is 10.0 Å². The molecule has 8 heteroatoms. The molecule has 0 bridgehead atoms. The summed E-state index contributed by atoms with van der Waals surface area (Å²) in [7, 11) is -3.77. The maximum atomic E-state index is 13.4. The molecule has 6 nitrogen and oxygen atoms in total. The van der Waals surface area contributed by atoms with E-state index in [1.807, 2.05) is 43.3 Å². The van der Waals surface area contributed by atoms with Crippen molar-refractivity contribution in [1.82, 2.24) is 4.31 Å². The van der Waals surface area contributed by atoms with Crippen molar-refractivity contribution in [1.29, 1.82) is 0 Å². The number of halogens is 1. The topological polar surface area (TPSA) is 72.1 Å². The third-order valence-electron chi connectivity index (χ3n) is 5.16. The molecule has 0 amide bonds. The third kappa shape index (κ3) is 6.60. The molecule has 180 valence electrons. The Kier molecular flexibility index (Phi) is 8.02. The third-order valence-corrected chi connectivity index (χ3v) is 7.21. The first-order valence-corrected chi connectivity index (χ1v) is 12.9. The molecule has 0 unspecified atom stereocenters. The molecule has 4 rings (SSSR count). The quantitative estimate of drug-likeness (QED) is 0.230. The zero-order valence-corrected chi connectivity index (χ0v) is 20.7. The summed E-state index contributed by atoms with van der Waals surface area (Å²) in [6.45, 7) is 2.77. The first kappa shape index (κ1) is 24.7. The second kappa shape index (κ2) is 11.4. The average Bonchev–Trinajstić information content (AvgIpc) is 3.32. The maximum absolute atomic E-state index is 13.4. The van der Waals surface area contributed by atoms with E-state index in [4.69, 9.17) is 20.8 Å². The number of hydrogen-bond acceptors (Lipinski definition) is 5. The number of nitrogens with zero attached hydrogens (tertiary/aromatic N) is 2. The average molecular weight is 509 g/mol. The lowest BCUT2D eigenvalue weighted by Crippen LogP contribution is -2.30. The van der Waals surface area contributed by atoms with Gasteiger partial charge in [0.1, 0.15) is 17.3 Å². The zero-order valence-electron chi connectivity index (χ0n) is 19.2. The van der Waals surface area contributed by atoms with Crippen molar-refractivity contribution in [3.05, 3.63) is 113 Å². The number of sulfonamides is 1. The van der Waals surface area contributed by atoms with Crippen molar-refractivity contribution in [3.63, 3.8) is 0 Å². The van der Waals surface area contributed by atoms with Gasteiger partial charge in [0.05, 0.1) is 29.9 Å². The number of aliphatic imine (C=N–C) groups is 1. The molecule has 0 radical (unpaired) electrons. The molecule has 0 fully saturated rings. The highest BCUT2D eigenvalue weighted by atomic mass is 35.5. The van der Waals surface area contributed by atoms with Gasteiger partial charge in [0, 0.05) is 11.6 Å². The summed E-state index contributed by atoms with van der Waals surface area (Å²) in [4.78, 5) is 4.64. The van der Waals surface area contributed by atoms with E-state index in [1.54, 1.807) is 60.8 Å². The molecule has 35 heavy (non-hydrogen) atoms. The van der Waals surface area contributed by atoms with Crippen LogP contribution in [-0.2, 0) is 23.1 Å². The summed E-state index contributed by atoms with van der Waals surface area (Å²) in [5.41, 5.74) is 1.57. The van der Waals surface area contributed by atoms with E-state index >= 15 is 0 Å². The van der Waals surface area contributed by atoms with Gasteiger partial charge in [0.25, 0.3) is 0 Å². The Morgan fingerprint density at radius 3 is 2.31 bits per heavy atom. The Hall–Kier alpha value is -3.39. The molecule has 0 saturated carbocycles. The predicted molar refractivity (Wildman–Crippen MR) is 138 cm³/mol. The monoisotopic (exact) mass is 508 g/mol. The minimum atomic E-state index is -3.77. The fraction of sp³-hybridized carbons (Fsp3) is 0.148. The van der Waals surface area contributed by atoms with Gasteiger partial charge in [0.15, 0.2) is 0 Å². The van der Waals surface area contributed by atoms with E-state index in [-0.39, 0.29) is 18.0 Å². The molecule has 0 aliphatic carbocycles. The number of rotatable bonds is 10. The van der Waals surface area contributed by atoms with Crippen LogP contribution >= 0.6 is 11.6 Å². The van der Waals surface area contributed by atoms with Crippen LogP contribution in [0.3, 0.4) is 0 Å². The number of furan rings is 1. The van der Waals surface area contributed by atoms with Gasteiger partial charge >= 0.3 is 0 Å². The van der Waals surface area contributed by atoms with Gasteiger partial charge in [-0.25, -0.2) is 8.42 Å². The Balaban J connectivity index is 1.53. The molecule has 0 atom stereocenters. The normalized spacial score (nSPS) is 11.9. The fourth-order valence-electron chi connectivity index (χ4n) is 3.42. The van der Waals surface area contributed by atoms with E-state index in [0.717, 1.165) is 17.0 Å². The summed E-state index contributed by atoms with van der Waals surface area (Å²) in [5.74, 6) is 1.82. The molecule has 1 heterocycles. The number of benzene rings is 3. The SMILES string of the molecule is CCOc1ccc(N=Cc2ccc(CN(Cc3ccc(Cl)cc3)S(=O)(=O)c3ccccc3)o2)cc1. The highest BCUT2D eigenvalue weighted by Crippen LogP contribution is 2.23. The largest absolute Gasteiger partial charge is 0.494 e.